The normalized spacial score (nSPS) is 11.4. The van der Waals surface area contributed by atoms with Gasteiger partial charge in [-0.05, 0) is 49.7 Å². The molecule has 8 heteroatoms. The molecule has 0 bridgehead atoms. The molecule has 0 aliphatic rings. The van der Waals surface area contributed by atoms with Crippen molar-refractivity contribution in [3.63, 3.8) is 0 Å². The molecule has 0 spiro atoms. The Bertz CT molecular complexity index is 1050. The third-order valence-electron chi connectivity index (χ3n) is 3.97. The first-order valence-corrected chi connectivity index (χ1v) is 8.61. The Morgan fingerprint density at radius 2 is 1.75 bits per heavy atom. The Morgan fingerprint density at radius 3 is 2.43 bits per heavy atom. The Morgan fingerprint density at radius 1 is 1.04 bits per heavy atom. The van der Waals surface area contributed by atoms with Gasteiger partial charge in [0.2, 0.25) is 0 Å². The van der Waals surface area contributed by atoms with E-state index < -0.39 is 23.2 Å². The summed E-state index contributed by atoms with van der Waals surface area (Å²) in [6, 6.07) is 7.40. The summed E-state index contributed by atoms with van der Waals surface area (Å²) in [5.41, 5.74) is -1.41. The molecule has 0 atom stereocenters. The lowest BCUT2D eigenvalue weighted by Crippen LogP contribution is -2.17. The van der Waals surface area contributed by atoms with Gasteiger partial charge in [0, 0.05) is 29.6 Å². The minimum absolute atomic E-state index is 0.0429. The van der Waals surface area contributed by atoms with Crippen LogP contribution in [0.15, 0.2) is 48.8 Å². The molecule has 3 aromatic rings. The Labute approximate surface area is 164 Å². The summed E-state index contributed by atoms with van der Waals surface area (Å²) >= 11 is 5.82. The summed E-state index contributed by atoms with van der Waals surface area (Å²) in [4.78, 5) is 20.2. The van der Waals surface area contributed by atoms with E-state index in [1.807, 2.05) is 0 Å². The second kappa shape index (κ2) is 7.59. The van der Waals surface area contributed by atoms with E-state index in [2.05, 4.69) is 15.3 Å². The number of carbonyl (C=O) groups excluding carboxylic acids is 1. The molecule has 0 fully saturated rings. The number of alkyl halides is 1. The maximum absolute atomic E-state index is 14.2. The average molecular weight is 406 g/mol. The zero-order chi connectivity index (χ0) is 20.5. The molecule has 1 N–H and O–H groups in total. The third-order valence-corrected chi connectivity index (χ3v) is 4.18. The molecular formula is C20H15ClF3N3O. The van der Waals surface area contributed by atoms with Crippen molar-refractivity contribution in [2.24, 2.45) is 0 Å². The molecule has 0 saturated heterocycles. The molecule has 2 aromatic heterocycles. The molecular weight excluding hydrogens is 391 g/mol. The number of nitrogens with one attached hydrogen (secondary N) is 1. The van der Waals surface area contributed by atoms with Crippen LogP contribution in [0, 0.1) is 11.6 Å². The van der Waals surface area contributed by atoms with Gasteiger partial charge in [-0.3, -0.25) is 9.78 Å². The molecule has 4 nitrogen and oxygen atoms in total. The van der Waals surface area contributed by atoms with Gasteiger partial charge in [0.15, 0.2) is 0 Å². The van der Waals surface area contributed by atoms with Gasteiger partial charge in [-0.2, -0.15) is 0 Å². The van der Waals surface area contributed by atoms with Gasteiger partial charge >= 0.3 is 0 Å². The quantitative estimate of drug-likeness (QED) is 0.580. The van der Waals surface area contributed by atoms with Crippen molar-refractivity contribution in [2.45, 2.75) is 19.5 Å². The van der Waals surface area contributed by atoms with E-state index in [0.29, 0.717) is 11.6 Å². The second-order valence-corrected chi connectivity index (χ2v) is 6.92. The van der Waals surface area contributed by atoms with Crippen LogP contribution in [0.5, 0.6) is 0 Å². The average Bonchev–Trinajstić information content (AvgIpc) is 2.63. The lowest BCUT2D eigenvalue weighted by molar-refractivity contribution is 0.102. The first-order valence-electron chi connectivity index (χ1n) is 8.23. The fourth-order valence-electron chi connectivity index (χ4n) is 2.53. The molecule has 3 rings (SSSR count). The summed E-state index contributed by atoms with van der Waals surface area (Å²) in [6.45, 7) is 2.62. The van der Waals surface area contributed by atoms with Crippen LogP contribution < -0.4 is 5.32 Å². The van der Waals surface area contributed by atoms with Gasteiger partial charge in [0.1, 0.15) is 22.5 Å². The predicted octanol–water partition coefficient (Wildman–Crippen LogP) is 5.53. The van der Waals surface area contributed by atoms with Crippen LogP contribution in [-0.2, 0) is 5.67 Å². The topological polar surface area (TPSA) is 54.9 Å². The van der Waals surface area contributed by atoms with Crippen molar-refractivity contribution >= 4 is 23.2 Å². The monoisotopic (exact) mass is 405 g/mol. The molecule has 1 amide bonds. The van der Waals surface area contributed by atoms with Crippen molar-refractivity contribution in [2.75, 3.05) is 5.32 Å². The van der Waals surface area contributed by atoms with Gasteiger partial charge in [-0.15, -0.1) is 0 Å². The standard InChI is InChI=1S/C20H15ClF3N3O/c1-20(2,24)17-7-12(4-5-25-17)19(28)27-16-9-13(14(22)10-15(16)23)11-3-6-26-18(21)8-11/h3-10H,1-2H3,(H,27,28). The fraction of sp³-hybridized carbons (Fsp3) is 0.150. The second-order valence-electron chi connectivity index (χ2n) is 6.54. The molecule has 0 radical (unpaired) electrons. The SMILES string of the molecule is CC(C)(F)c1cc(C(=O)Nc2cc(-c3ccnc(Cl)c3)c(F)cc2F)ccn1. The Balaban J connectivity index is 1.94. The zero-order valence-electron chi connectivity index (χ0n) is 14.9. The summed E-state index contributed by atoms with van der Waals surface area (Å²) in [7, 11) is 0. The van der Waals surface area contributed by atoms with Crippen LogP contribution in [0.1, 0.15) is 29.9 Å². The van der Waals surface area contributed by atoms with Gasteiger partial charge in [0.05, 0.1) is 11.4 Å². The van der Waals surface area contributed by atoms with Crippen molar-refractivity contribution < 1.29 is 18.0 Å². The summed E-state index contributed by atoms with van der Waals surface area (Å²) < 4.78 is 42.5. The van der Waals surface area contributed by atoms with Crippen molar-refractivity contribution in [3.05, 3.63) is 76.8 Å². The predicted molar refractivity (Wildman–Crippen MR) is 101 cm³/mol. The first kappa shape index (κ1) is 19.8. The number of hydrogen-bond donors (Lipinski definition) is 1. The lowest BCUT2D eigenvalue weighted by Gasteiger charge is -2.14. The lowest BCUT2D eigenvalue weighted by atomic mass is 10.0. The van der Waals surface area contributed by atoms with Crippen LogP contribution in [0.2, 0.25) is 5.15 Å². The Kier molecular flexibility index (Phi) is 5.38. The van der Waals surface area contributed by atoms with Crippen LogP contribution >= 0.6 is 11.6 Å². The molecule has 0 aliphatic carbocycles. The van der Waals surface area contributed by atoms with E-state index in [4.69, 9.17) is 11.6 Å². The fourth-order valence-corrected chi connectivity index (χ4v) is 2.70. The summed E-state index contributed by atoms with van der Waals surface area (Å²) in [5.74, 6) is -2.45. The number of anilines is 1. The van der Waals surface area contributed by atoms with E-state index in [0.717, 1.165) is 6.07 Å². The van der Waals surface area contributed by atoms with Crippen molar-refractivity contribution in [1.29, 1.82) is 0 Å². The molecule has 2 heterocycles. The highest BCUT2D eigenvalue weighted by Crippen LogP contribution is 2.30. The van der Waals surface area contributed by atoms with E-state index in [-0.39, 0.29) is 27.7 Å². The minimum Gasteiger partial charge on any atom is -0.319 e. The Hall–Kier alpha value is -2.93. The molecule has 0 saturated carbocycles. The third kappa shape index (κ3) is 4.31. The number of halogens is 4. The number of hydrogen-bond acceptors (Lipinski definition) is 3. The number of rotatable bonds is 4. The highest BCUT2D eigenvalue weighted by atomic mass is 35.5. The molecule has 28 heavy (non-hydrogen) atoms. The van der Waals surface area contributed by atoms with Crippen molar-refractivity contribution in [1.82, 2.24) is 9.97 Å². The number of amides is 1. The van der Waals surface area contributed by atoms with E-state index in [1.54, 1.807) is 0 Å². The molecule has 0 unspecified atom stereocenters. The number of nitrogens with zero attached hydrogens (tertiary/aromatic N) is 2. The summed E-state index contributed by atoms with van der Waals surface area (Å²) in [6.07, 6.45) is 2.67. The number of carbonyl (C=O) groups is 1. The van der Waals surface area contributed by atoms with E-state index in [1.165, 1.54) is 50.5 Å². The smallest absolute Gasteiger partial charge is 0.255 e. The molecule has 0 aliphatic heterocycles. The maximum Gasteiger partial charge on any atom is 0.255 e. The zero-order valence-corrected chi connectivity index (χ0v) is 15.7. The molecule has 144 valence electrons. The van der Waals surface area contributed by atoms with Crippen molar-refractivity contribution in [3.8, 4) is 11.1 Å². The van der Waals surface area contributed by atoms with Gasteiger partial charge in [-0.1, -0.05) is 11.6 Å². The van der Waals surface area contributed by atoms with Gasteiger partial charge in [-0.25, -0.2) is 18.2 Å². The summed E-state index contributed by atoms with van der Waals surface area (Å²) in [5, 5.41) is 2.52. The van der Waals surface area contributed by atoms with Crippen LogP contribution in [-0.4, -0.2) is 15.9 Å². The minimum atomic E-state index is -1.74. The van der Waals surface area contributed by atoms with Crippen LogP contribution in [0.4, 0.5) is 18.9 Å². The van der Waals surface area contributed by atoms with E-state index in [9.17, 15) is 18.0 Å². The number of aromatic nitrogens is 2. The highest BCUT2D eigenvalue weighted by molar-refractivity contribution is 6.29. The number of benzene rings is 1. The van der Waals surface area contributed by atoms with Gasteiger partial charge in [0.25, 0.3) is 5.91 Å². The first-order chi connectivity index (χ1) is 13.1. The largest absolute Gasteiger partial charge is 0.319 e. The number of pyridine rings is 2. The van der Waals surface area contributed by atoms with E-state index >= 15 is 0 Å². The highest BCUT2D eigenvalue weighted by Gasteiger charge is 2.22. The van der Waals surface area contributed by atoms with Crippen LogP contribution in [0.25, 0.3) is 11.1 Å². The maximum atomic E-state index is 14.2. The van der Waals surface area contributed by atoms with Crippen LogP contribution in [0.3, 0.4) is 0 Å². The molecule has 1 aromatic carbocycles. The van der Waals surface area contributed by atoms with Gasteiger partial charge < -0.3 is 5.32 Å².